The molecule has 0 aromatic rings. The Bertz CT molecular complexity index is 700. The summed E-state index contributed by atoms with van der Waals surface area (Å²) in [6.07, 6.45) is 19.5. The molecule has 0 saturated heterocycles. The second kappa shape index (κ2) is 19.8. The molecule has 0 saturated carbocycles. The molecule has 0 rings (SSSR count). The fourth-order valence-electron chi connectivity index (χ4n) is 3.69. The molecule has 0 radical (unpaired) electrons. The van der Waals surface area contributed by atoms with Gasteiger partial charge in [0, 0.05) is 0 Å². The quantitative estimate of drug-likeness (QED) is 0.188. The summed E-state index contributed by atoms with van der Waals surface area (Å²) in [4.78, 5) is 0. The molecule has 1 unspecified atom stereocenters. The first-order valence-corrected chi connectivity index (χ1v) is 12.5. The van der Waals surface area contributed by atoms with Crippen LogP contribution in [-0.2, 0) is 0 Å². The van der Waals surface area contributed by atoms with Crippen molar-refractivity contribution in [2.45, 2.75) is 92.4 Å². The van der Waals surface area contributed by atoms with Gasteiger partial charge in [-0.1, -0.05) is 59.3 Å². The van der Waals surface area contributed by atoms with E-state index in [1.54, 1.807) is 6.08 Å². The van der Waals surface area contributed by atoms with E-state index in [9.17, 15) is 10.2 Å². The van der Waals surface area contributed by atoms with Crippen LogP contribution in [0.2, 0.25) is 0 Å². The van der Waals surface area contributed by atoms with Gasteiger partial charge in [-0.15, -0.1) is 0 Å². The molecule has 3 nitrogen and oxygen atoms in total. The van der Waals surface area contributed by atoms with E-state index in [4.69, 9.17) is 5.11 Å². The zero-order valence-corrected chi connectivity index (χ0v) is 22.0. The van der Waals surface area contributed by atoms with Crippen LogP contribution in [0.3, 0.4) is 0 Å². The Morgan fingerprint density at radius 2 is 1.21 bits per heavy atom. The number of aliphatic hydroxyl groups is 3. The summed E-state index contributed by atoms with van der Waals surface area (Å²) in [5, 5.41) is 28.0. The van der Waals surface area contributed by atoms with Crippen molar-refractivity contribution in [3.05, 3.63) is 70.4 Å². The summed E-state index contributed by atoms with van der Waals surface area (Å²) in [7, 11) is 0. The van der Waals surface area contributed by atoms with Crippen LogP contribution < -0.4 is 0 Å². The van der Waals surface area contributed by atoms with Gasteiger partial charge in [0.25, 0.3) is 0 Å². The lowest BCUT2D eigenvalue weighted by molar-refractivity contribution is 0.315. The Morgan fingerprint density at radius 3 is 1.76 bits per heavy atom. The van der Waals surface area contributed by atoms with E-state index in [0.717, 1.165) is 62.5 Å². The minimum atomic E-state index is -0.0497. The van der Waals surface area contributed by atoms with Gasteiger partial charge in [-0.25, -0.2) is 0 Å². The van der Waals surface area contributed by atoms with Crippen molar-refractivity contribution in [3.63, 3.8) is 0 Å². The van der Waals surface area contributed by atoms with Crippen molar-refractivity contribution >= 4 is 0 Å². The lowest BCUT2D eigenvalue weighted by Crippen LogP contribution is -2.03. The third-order valence-corrected chi connectivity index (χ3v) is 6.07. The maximum absolute atomic E-state index is 9.73. The predicted molar refractivity (Wildman–Crippen MR) is 144 cm³/mol. The Kier molecular flexibility index (Phi) is 18.8. The maximum atomic E-state index is 9.73. The monoisotopic (exact) mass is 458 g/mol. The Labute approximate surface area is 204 Å². The largest absolute Gasteiger partial charge is 0.392 e. The molecule has 0 aliphatic heterocycles. The van der Waals surface area contributed by atoms with Gasteiger partial charge in [-0.3, -0.25) is 0 Å². The Hall–Kier alpha value is -1.68. The number of allylic oxidation sites excluding steroid dienone is 8. The van der Waals surface area contributed by atoms with Crippen molar-refractivity contribution < 1.29 is 15.3 Å². The van der Waals surface area contributed by atoms with E-state index in [2.05, 4.69) is 65.5 Å². The molecule has 3 N–H and O–H groups in total. The second-order valence-electron chi connectivity index (χ2n) is 9.54. The molecule has 0 aromatic carbocycles. The molecule has 0 spiro atoms. The van der Waals surface area contributed by atoms with Crippen LogP contribution in [0.1, 0.15) is 92.4 Å². The molecule has 0 amide bonds. The SMILES string of the molecule is C=C(C)C(CC=C(C)CCC=C(C)CCC=C(C)C)CCC(=CCCC(=CCO)CO)CO. The number of rotatable bonds is 18. The predicted octanol–water partition coefficient (Wildman–Crippen LogP) is 7.38. The summed E-state index contributed by atoms with van der Waals surface area (Å²) < 4.78 is 0. The highest BCUT2D eigenvalue weighted by molar-refractivity contribution is 5.11. The summed E-state index contributed by atoms with van der Waals surface area (Å²) in [5.74, 6) is 0.415. The molecule has 0 aromatic heterocycles. The molecular weight excluding hydrogens is 408 g/mol. The van der Waals surface area contributed by atoms with E-state index in [1.807, 2.05) is 0 Å². The average Bonchev–Trinajstić information content (AvgIpc) is 2.76. The normalized spacial score (nSPS) is 14.4. The third kappa shape index (κ3) is 17.5. The van der Waals surface area contributed by atoms with E-state index in [0.29, 0.717) is 12.3 Å². The van der Waals surface area contributed by atoms with Crippen LogP contribution in [0.5, 0.6) is 0 Å². The number of aliphatic hydroxyl groups excluding tert-OH is 3. The molecule has 0 fully saturated rings. The van der Waals surface area contributed by atoms with Gasteiger partial charge in [-0.05, 0) is 109 Å². The maximum Gasteiger partial charge on any atom is 0.0642 e. The fourth-order valence-corrected chi connectivity index (χ4v) is 3.69. The van der Waals surface area contributed by atoms with Crippen LogP contribution in [0, 0.1) is 5.92 Å². The number of hydrogen-bond acceptors (Lipinski definition) is 3. The highest BCUT2D eigenvalue weighted by Crippen LogP contribution is 2.24. The standard InChI is InChI=1S/C30H50O3/c1-24(2)10-7-11-26(5)12-8-13-27(6)16-18-30(25(3)4)19-17-28(22-32)14-9-15-29(23-33)20-21-31/h10,12,14,16,20,30-33H,3,7-9,11,13,15,17-19,21-23H2,1-2,4-6H3. The van der Waals surface area contributed by atoms with Crippen molar-refractivity contribution in [2.75, 3.05) is 19.8 Å². The van der Waals surface area contributed by atoms with Crippen LogP contribution in [0.15, 0.2) is 70.4 Å². The lowest BCUT2D eigenvalue weighted by atomic mass is 9.89. The minimum absolute atomic E-state index is 0.0302. The van der Waals surface area contributed by atoms with E-state index >= 15 is 0 Å². The topological polar surface area (TPSA) is 60.7 Å². The fraction of sp³-hybridized carbons (Fsp3) is 0.600. The molecule has 33 heavy (non-hydrogen) atoms. The Morgan fingerprint density at radius 1 is 0.667 bits per heavy atom. The molecule has 0 heterocycles. The lowest BCUT2D eigenvalue weighted by Gasteiger charge is -2.16. The second-order valence-corrected chi connectivity index (χ2v) is 9.54. The average molecular weight is 459 g/mol. The highest BCUT2D eigenvalue weighted by Gasteiger charge is 2.10. The highest BCUT2D eigenvalue weighted by atomic mass is 16.3. The summed E-state index contributed by atoms with van der Waals surface area (Å²) in [6.45, 7) is 15.0. The first kappa shape index (κ1) is 31.3. The van der Waals surface area contributed by atoms with Gasteiger partial charge in [0.1, 0.15) is 0 Å². The van der Waals surface area contributed by atoms with E-state index in [1.165, 1.54) is 22.3 Å². The van der Waals surface area contributed by atoms with Crippen molar-refractivity contribution in [3.8, 4) is 0 Å². The van der Waals surface area contributed by atoms with Crippen molar-refractivity contribution in [1.82, 2.24) is 0 Å². The Balaban J connectivity index is 4.61. The first-order chi connectivity index (χ1) is 15.7. The van der Waals surface area contributed by atoms with Crippen LogP contribution in [0.25, 0.3) is 0 Å². The zero-order valence-electron chi connectivity index (χ0n) is 22.0. The first-order valence-electron chi connectivity index (χ1n) is 12.5. The summed E-state index contributed by atoms with van der Waals surface area (Å²) >= 11 is 0. The van der Waals surface area contributed by atoms with Gasteiger partial charge < -0.3 is 15.3 Å². The van der Waals surface area contributed by atoms with E-state index < -0.39 is 0 Å². The van der Waals surface area contributed by atoms with Gasteiger partial charge in [0.05, 0.1) is 19.8 Å². The summed E-state index contributed by atoms with van der Waals surface area (Å²) in [5.41, 5.74) is 7.36. The summed E-state index contributed by atoms with van der Waals surface area (Å²) in [6, 6.07) is 0. The zero-order chi connectivity index (χ0) is 25.1. The molecule has 188 valence electrons. The van der Waals surface area contributed by atoms with E-state index in [-0.39, 0.29) is 19.8 Å². The molecule has 1 atom stereocenters. The smallest absolute Gasteiger partial charge is 0.0642 e. The van der Waals surface area contributed by atoms with Crippen molar-refractivity contribution in [2.24, 2.45) is 5.92 Å². The third-order valence-electron chi connectivity index (χ3n) is 6.07. The van der Waals surface area contributed by atoms with Gasteiger partial charge in [0.2, 0.25) is 0 Å². The molecule has 3 heteroatoms. The van der Waals surface area contributed by atoms with Gasteiger partial charge >= 0.3 is 0 Å². The molecule has 0 aliphatic carbocycles. The van der Waals surface area contributed by atoms with Crippen molar-refractivity contribution in [1.29, 1.82) is 0 Å². The van der Waals surface area contributed by atoms with Gasteiger partial charge in [0.15, 0.2) is 0 Å². The van der Waals surface area contributed by atoms with Crippen LogP contribution in [0.4, 0.5) is 0 Å². The molecule has 0 aliphatic rings. The van der Waals surface area contributed by atoms with Gasteiger partial charge in [-0.2, -0.15) is 0 Å². The molecular formula is C30H50O3. The van der Waals surface area contributed by atoms with Crippen LogP contribution in [-0.4, -0.2) is 35.1 Å². The molecule has 0 bridgehead atoms. The minimum Gasteiger partial charge on any atom is -0.392 e. The van der Waals surface area contributed by atoms with Crippen LogP contribution >= 0.6 is 0 Å². The number of hydrogen-bond donors (Lipinski definition) is 3.